The lowest BCUT2D eigenvalue weighted by Crippen LogP contribution is -2.44. The van der Waals surface area contributed by atoms with E-state index in [2.05, 4.69) is 28.4 Å². The van der Waals surface area contributed by atoms with Crippen LogP contribution in [0.2, 0.25) is 0 Å². The van der Waals surface area contributed by atoms with Crippen LogP contribution in [0.15, 0.2) is 12.5 Å². The van der Waals surface area contributed by atoms with Crippen LogP contribution in [-0.4, -0.2) is 33.6 Å². The molecule has 0 amide bonds. The van der Waals surface area contributed by atoms with Gasteiger partial charge in [0.05, 0.1) is 18.1 Å². The minimum atomic E-state index is 0.327. The molecule has 4 heteroatoms. The summed E-state index contributed by atoms with van der Waals surface area (Å²) in [5, 5.41) is 0. The largest absolute Gasteiger partial charge is 0.336 e. The molecule has 1 aromatic heterocycles. The summed E-state index contributed by atoms with van der Waals surface area (Å²) in [7, 11) is 2.05. The maximum absolute atomic E-state index is 6.00. The van der Waals surface area contributed by atoms with Gasteiger partial charge >= 0.3 is 0 Å². The first kappa shape index (κ1) is 12.6. The van der Waals surface area contributed by atoms with E-state index in [0.29, 0.717) is 18.6 Å². The van der Waals surface area contributed by atoms with Crippen LogP contribution >= 0.6 is 0 Å². The third-order valence-corrected chi connectivity index (χ3v) is 3.96. The molecule has 1 saturated heterocycles. The molecular weight excluding hydrogens is 212 g/mol. The van der Waals surface area contributed by atoms with E-state index in [4.69, 9.17) is 5.73 Å². The van der Waals surface area contributed by atoms with Gasteiger partial charge in [0, 0.05) is 25.8 Å². The van der Waals surface area contributed by atoms with Gasteiger partial charge in [-0.05, 0) is 25.8 Å². The van der Waals surface area contributed by atoms with Crippen LogP contribution in [0.3, 0.4) is 0 Å². The van der Waals surface area contributed by atoms with Crippen molar-refractivity contribution in [2.45, 2.75) is 44.7 Å². The molecule has 0 saturated carbocycles. The standard InChI is InChI=1S/C13H24N4/c1-3-11-6-4-5-7-17(11)12(8-14)13-9-15-10-16(13)2/h9-12H,3-8,14H2,1-2H3. The molecular formula is C13H24N4. The lowest BCUT2D eigenvalue weighted by molar-refractivity contribution is 0.0914. The van der Waals surface area contributed by atoms with Crippen molar-refractivity contribution in [1.29, 1.82) is 0 Å². The molecule has 0 aliphatic carbocycles. The fraction of sp³-hybridized carbons (Fsp3) is 0.769. The lowest BCUT2D eigenvalue weighted by Gasteiger charge is -2.40. The van der Waals surface area contributed by atoms with Crippen LogP contribution in [0.5, 0.6) is 0 Å². The number of likely N-dealkylation sites (tertiary alicyclic amines) is 1. The first-order valence-corrected chi connectivity index (χ1v) is 6.70. The highest BCUT2D eigenvalue weighted by Gasteiger charge is 2.29. The highest BCUT2D eigenvalue weighted by Crippen LogP contribution is 2.28. The zero-order valence-corrected chi connectivity index (χ0v) is 11.0. The van der Waals surface area contributed by atoms with Gasteiger partial charge in [0.2, 0.25) is 0 Å². The molecule has 17 heavy (non-hydrogen) atoms. The summed E-state index contributed by atoms with van der Waals surface area (Å²) >= 11 is 0. The fourth-order valence-corrected chi connectivity index (χ4v) is 2.99. The first-order chi connectivity index (χ1) is 8.27. The molecule has 2 N–H and O–H groups in total. The van der Waals surface area contributed by atoms with Crippen LogP contribution in [0.1, 0.15) is 44.3 Å². The molecule has 0 bridgehead atoms. The van der Waals surface area contributed by atoms with Crippen LogP contribution in [0.4, 0.5) is 0 Å². The summed E-state index contributed by atoms with van der Waals surface area (Å²) in [5.74, 6) is 0. The van der Waals surface area contributed by atoms with Gasteiger partial charge in [-0.3, -0.25) is 4.90 Å². The Morgan fingerprint density at radius 3 is 2.94 bits per heavy atom. The van der Waals surface area contributed by atoms with Gasteiger partial charge in [0.25, 0.3) is 0 Å². The Hall–Kier alpha value is -0.870. The Labute approximate surface area is 104 Å². The van der Waals surface area contributed by atoms with E-state index in [1.807, 2.05) is 12.5 Å². The number of piperidine rings is 1. The maximum atomic E-state index is 6.00. The molecule has 2 rings (SSSR count). The Morgan fingerprint density at radius 2 is 2.35 bits per heavy atom. The van der Waals surface area contributed by atoms with Gasteiger partial charge in [0.15, 0.2) is 0 Å². The summed E-state index contributed by atoms with van der Waals surface area (Å²) in [6.07, 6.45) is 9.00. The number of imidazole rings is 1. The van der Waals surface area contributed by atoms with Crippen LogP contribution in [0, 0.1) is 0 Å². The second-order valence-corrected chi connectivity index (χ2v) is 4.98. The summed E-state index contributed by atoms with van der Waals surface area (Å²) in [6.45, 7) is 4.13. The maximum Gasteiger partial charge on any atom is 0.0946 e. The smallest absolute Gasteiger partial charge is 0.0946 e. The molecule has 4 nitrogen and oxygen atoms in total. The molecule has 0 spiro atoms. The van der Waals surface area contributed by atoms with Crippen molar-refractivity contribution in [3.05, 3.63) is 18.2 Å². The Balaban J connectivity index is 2.19. The molecule has 2 heterocycles. The van der Waals surface area contributed by atoms with E-state index in [0.717, 1.165) is 0 Å². The van der Waals surface area contributed by atoms with Gasteiger partial charge in [0.1, 0.15) is 0 Å². The molecule has 2 unspecified atom stereocenters. The van der Waals surface area contributed by atoms with E-state index in [-0.39, 0.29) is 0 Å². The first-order valence-electron chi connectivity index (χ1n) is 6.70. The Morgan fingerprint density at radius 1 is 1.53 bits per heavy atom. The van der Waals surface area contributed by atoms with Crippen molar-refractivity contribution in [2.75, 3.05) is 13.1 Å². The average molecular weight is 236 g/mol. The highest BCUT2D eigenvalue weighted by molar-refractivity contribution is 5.07. The number of hydrogen-bond donors (Lipinski definition) is 1. The second kappa shape index (κ2) is 5.65. The quantitative estimate of drug-likeness (QED) is 0.865. The normalized spacial score (nSPS) is 23.8. The van der Waals surface area contributed by atoms with E-state index in [1.165, 1.54) is 37.9 Å². The highest BCUT2D eigenvalue weighted by atomic mass is 15.2. The number of aryl methyl sites for hydroxylation is 1. The number of rotatable bonds is 4. The van der Waals surface area contributed by atoms with Crippen molar-refractivity contribution in [1.82, 2.24) is 14.5 Å². The molecule has 1 aliphatic heterocycles. The van der Waals surface area contributed by atoms with Crippen LogP contribution in [-0.2, 0) is 7.05 Å². The van der Waals surface area contributed by atoms with Crippen LogP contribution in [0.25, 0.3) is 0 Å². The van der Waals surface area contributed by atoms with Gasteiger partial charge in [-0.25, -0.2) is 4.98 Å². The number of nitrogens with zero attached hydrogens (tertiary/aromatic N) is 3. The molecule has 1 fully saturated rings. The van der Waals surface area contributed by atoms with E-state index in [1.54, 1.807) is 0 Å². The predicted molar refractivity (Wildman–Crippen MR) is 69.6 cm³/mol. The molecule has 96 valence electrons. The van der Waals surface area contributed by atoms with Crippen molar-refractivity contribution in [3.8, 4) is 0 Å². The van der Waals surface area contributed by atoms with Crippen molar-refractivity contribution in [2.24, 2.45) is 12.8 Å². The third kappa shape index (κ3) is 2.53. The molecule has 1 aromatic rings. The number of nitrogens with two attached hydrogens (primary N) is 1. The average Bonchev–Trinajstić information content (AvgIpc) is 2.78. The summed E-state index contributed by atoms with van der Waals surface area (Å²) in [6, 6.07) is 1.01. The second-order valence-electron chi connectivity index (χ2n) is 4.98. The monoisotopic (exact) mass is 236 g/mol. The van der Waals surface area contributed by atoms with Crippen molar-refractivity contribution >= 4 is 0 Å². The molecule has 2 atom stereocenters. The molecule has 1 aliphatic rings. The van der Waals surface area contributed by atoms with Crippen molar-refractivity contribution < 1.29 is 0 Å². The van der Waals surface area contributed by atoms with Gasteiger partial charge in [-0.1, -0.05) is 13.3 Å². The summed E-state index contributed by atoms with van der Waals surface area (Å²) in [5.41, 5.74) is 7.24. The lowest BCUT2D eigenvalue weighted by atomic mass is 9.97. The van der Waals surface area contributed by atoms with Gasteiger partial charge in [-0.15, -0.1) is 0 Å². The molecule has 0 radical (unpaired) electrons. The van der Waals surface area contributed by atoms with Gasteiger partial charge < -0.3 is 10.3 Å². The predicted octanol–water partition coefficient (Wildman–Crippen LogP) is 1.68. The number of hydrogen-bond acceptors (Lipinski definition) is 3. The summed E-state index contributed by atoms with van der Waals surface area (Å²) < 4.78 is 2.10. The third-order valence-electron chi connectivity index (χ3n) is 3.96. The minimum absolute atomic E-state index is 0.327. The number of aromatic nitrogens is 2. The van der Waals surface area contributed by atoms with E-state index >= 15 is 0 Å². The minimum Gasteiger partial charge on any atom is -0.336 e. The van der Waals surface area contributed by atoms with Gasteiger partial charge in [-0.2, -0.15) is 0 Å². The SMILES string of the molecule is CCC1CCCCN1C(CN)c1cncn1C. The van der Waals surface area contributed by atoms with Crippen molar-refractivity contribution in [3.63, 3.8) is 0 Å². The Bertz CT molecular complexity index is 347. The topological polar surface area (TPSA) is 47.1 Å². The fourth-order valence-electron chi connectivity index (χ4n) is 2.99. The van der Waals surface area contributed by atoms with Crippen LogP contribution < -0.4 is 5.73 Å². The molecule has 0 aromatic carbocycles. The Kier molecular flexibility index (Phi) is 4.18. The van der Waals surface area contributed by atoms with E-state index < -0.39 is 0 Å². The van der Waals surface area contributed by atoms with E-state index in [9.17, 15) is 0 Å². The summed E-state index contributed by atoms with van der Waals surface area (Å²) in [4.78, 5) is 6.80. The zero-order chi connectivity index (χ0) is 12.3. The zero-order valence-electron chi connectivity index (χ0n) is 11.0.